The number of benzene rings is 1. The first-order chi connectivity index (χ1) is 8.24. The van der Waals surface area contributed by atoms with Gasteiger partial charge in [0.1, 0.15) is 0 Å². The first-order valence-electron chi connectivity index (χ1n) is 6.52. The molecule has 3 rings (SSSR count). The van der Waals surface area contributed by atoms with Crippen LogP contribution in [0.25, 0.3) is 10.9 Å². The summed E-state index contributed by atoms with van der Waals surface area (Å²) in [5, 5.41) is 4.82. The van der Waals surface area contributed by atoms with Crippen LogP contribution >= 0.6 is 0 Å². The summed E-state index contributed by atoms with van der Waals surface area (Å²) in [6.45, 7) is 5.68. The maximum absolute atomic E-state index is 3.38. The molecule has 2 nitrogen and oxygen atoms in total. The molecule has 0 bridgehead atoms. The Hall–Kier alpha value is -1.28. The third-order valence-electron chi connectivity index (χ3n) is 4.14. The lowest BCUT2D eigenvalue weighted by Gasteiger charge is -2.21. The van der Waals surface area contributed by atoms with Crippen molar-refractivity contribution in [1.29, 1.82) is 0 Å². The molecule has 2 heteroatoms. The molecular formula is C15H20N2. The number of hydrogen-bond acceptors (Lipinski definition) is 1. The highest BCUT2D eigenvalue weighted by Crippen LogP contribution is 2.34. The molecule has 1 aliphatic heterocycles. The molecule has 1 unspecified atom stereocenters. The molecule has 0 spiro atoms. The van der Waals surface area contributed by atoms with Crippen LogP contribution in [0, 0.1) is 6.92 Å². The number of para-hydroxylation sites is 1. The van der Waals surface area contributed by atoms with Crippen molar-refractivity contribution in [2.75, 3.05) is 7.05 Å². The lowest BCUT2D eigenvalue weighted by Crippen LogP contribution is -2.19. The van der Waals surface area contributed by atoms with Gasteiger partial charge in [0.15, 0.2) is 0 Å². The van der Waals surface area contributed by atoms with Gasteiger partial charge in [0.25, 0.3) is 0 Å². The van der Waals surface area contributed by atoms with Crippen LogP contribution < -0.4 is 5.32 Å². The molecule has 1 atom stereocenters. The van der Waals surface area contributed by atoms with E-state index in [1.54, 1.807) is 0 Å². The van der Waals surface area contributed by atoms with Crippen molar-refractivity contribution in [2.45, 2.75) is 39.3 Å². The van der Waals surface area contributed by atoms with Gasteiger partial charge in [-0.05, 0) is 44.9 Å². The zero-order valence-electron chi connectivity index (χ0n) is 10.9. The second-order valence-electron chi connectivity index (χ2n) is 5.09. The van der Waals surface area contributed by atoms with E-state index in [0.717, 1.165) is 0 Å². The van der Waals surface area contributed by atoms with E-state index in [9.17, 15) is 0 Å². The second-order valence-corrected chi connectivity index (χ2v) is 5.09. The highest BCUT2D eigenvalue weighted by Gasteiger charge is 2.21. The predicted octanol–water partition coefficient (Wildman–Crippen LogP) is 3.18. The van der Waals surface area contributed by atoms with E-state index in [0.29, 0.717) is 6.04 Å². The third kappa shape index (κ3) is 1.44. The Morgan fingerprint density at radius 2 is 2.18 bits per heavy atom. The van der Waals surface area contributed by atoms with Crippen LogP contribution in [0.4, 0.5) is 0 Å². The smallest absolute Gasteiger partial charge is 0.0518 e. The van der Waals surface area contributed by atoms with Crippen molar-refractivity contribution in [2.24, 2.45) is 0 Å². The van der Waals surface area contributed by atoms with Crippen LogP contribution in [0.5, 0.6) is 0 Å². The normalized spacial score (nSPS) is 16.4. The number of aromatic nitrogens is 1. The number of hydrogen-bond donors (Lipinski definition) is 1. The van der Waals surface area contributed by atoms with E-state index >= 15 is 0 Å². The minimum atomic E-state index is 0.424. The number of rotatable bonds is 2. The topological polar surface area (TPSA) is 17.0 Å². The molecule has 0 saturated heterocycles. The summed E-state index contributed by atoms with van der Waals surface area (Å²) in [4.78, 5) is 0. The monoisotopic (exact) mass is 228 g/mol. The summed E-state index contributed by atoms with van der Waals surface area (Å²) in [6.07, 6.45) is 2.50. The fraction of sp³-hybridized carbons (Fsp3) is 0.467. The van der Waals surface area contributed by atoms with E-state index in [-0.39, 0.29) is 0 Å². The fourth-order valence-electron chi connectivity index (χ4n) is 3.23. The summed E-state index contributed by atoms with van der Waals surface area (Å²) in [6, 6.07) is 7.18. The lowest BCUT2D eigenvalue weighted by atomic mass is 10.0. The minimum absolute atomic E-state index is 0.424. The van der Waals surface area contributed by atoms with Gasteiger partial charge in [0, 0.05) is 23.7 Å². The van der Waals surface area contributed by atoms with Crippen molar-refractivity contribution in [1.82, 2.24) is 9.88 Å². The molecule has 0 fully saturated rings. The van der Waals surface area contributed by atoms with Crippen molar-refractivity contribution >= 4 is 10.9 Å². The third-order valence-corrected chi connectivity index (χ3v) is 4.14. The first kappa shape index (κ1) is 10.8. The molecule has 1 aliphatic rings. The lowest BCUT2D eigenvalue weighted by molar-refractivity contribution is 0.547. The fourth-order valence-corrected chi connectivity index (χ4v) is 3.23. The minimum Gasteiger partial charge on any atom is -0.343 e. The van der Waals surface area contributed by atoms with Crippen molar-refractivity contribution in [3.8, 4) is 0 Å². The van der Waals surface area contributed by atoms with Crippen molar-refractivity contribution in [3.63, 3.8) is 0 Å². The Morgan fingerprint density at radius 1 is 1.35 bits per heavy atom. The molecular weight excluding hydrogens is 208 g/mol. The molecule has 0 radical (unpaired) electrons. The molecule has 0 amide bonds. The highest BCUT2D eigenvalue weighted by atomic mass is 15.0. The van der Waals surface area contributed by atoms with Gasteiger partial charge in [-0.2, -0.15) is 0 Å². The van der Waals surface area contributed by atoms with Crippen molar-refractivity contribution in [3.05, 3.63) is 35.0 Å². The molecule has 1 aromatic heterocycles. The Balaban J connectivity index is 2.37. The van der Waals surface area contributed by atoms with Gasteiger partial charge in [-0.1, -0.05) is 18.2 Å². The number of nitrogens with one attached hydrogen (secondary N) is 1. The van der Waals surface area contributed by atoms with Gasteiger partial charge in [-0.25, -0.2) is 0 Å². The van der Waals surface area contributed by atoms with Gasteiger partial charge in [0.2, 0.25) is 0 Å². The quantitative estimate of drug-likeness (QED) is 0.835. The summed E-state index contributed by atoms with van der Waals surface area (Å²) >= 11 is 0. The molecule has 2 aromatic rings. The summed E-state index contributed by atoms with van der Waals surface area (Å²) < 4.78 is 2.53. The van der Waals surface area contributed by atoms with Crippen LogP contribution in [-0.4, -0.2) is 11.6 Å². The Labute approximate surface area is 103 Å². The van der Waals surface area contributed by atoms with Gasteiger partial charge < -0.3 is 9.88 Å². The van der Waals surface area contributed by atoms with Crippen LogP contribution in [0.2, 0.25) is 0 Å². The van der Waals surface area contributed by atoms with E-state index in [4.69, 9.17) is 0 Å². The van der Waals surface area contributed by atoms with Crippen LogP contribution in [-0.2, 0) is 13.0 Å². The summed E-state index contributed by atoms with van der Waals surface area (Å²) in [7, 11) is 2.04. The summed E-state index contributed by atoms with van der Waals surface area (Å²) in [5.41, 5.74) is 5.92. The zero-order valence-corrected chi connectivity index (χ0v) is 10.9. The van der Waals surface area contributed by atoms with Gasteiger partial charge in [0.05, 0.1) is 5.52 Å². The predicted molar refractivity (Wildman–Crippen MR) is 72.5 cm³/mol. The van der Waals surface area contributed by atoms with Crippen LogP contribution in [0.3, 0.4) is 0 Å². The van der Waals surface area contributed by atoms with Crippen LogP contribution in [0.15, 0.2) is 18.2 Å². The van der Waals surface area contributed by atoms with Crippen molar-refractivity contribution < 1.29 is 0 Å². The maximum atomic E-state index is 3.38. The number of aryl methyl sites for hydroxylation is 3. The SMILES string of the molecule is CNC(C)c1c(C)c2cccc3c2n1CCC3. The van der Waals surface area contributed by atoms with E-state index in [1.165, 1.54) is 47.1 Å². The van der Waals surface area contributed by atoms with Gasteiger partial charge >= 0.3 is 0 Å². The average molecular weight is 228 g/mol. The second kappa shape index (κ2) is 3.88. The molecule has 17 heavy (non-hydrogen) atoms. The van der Waals surface area contributed by atoms with Gasteiger partial charge in [-0.15, -0.1) is 0 Å². The molecule has 1 N–H and O–H groups in total. The zero-order chi connectivity index (χ0) is 12.0. The van der Waals surface area contributed by atoms with E-state index in [1.807, 2.05) is 7.05 Å². The first-order valence-corrected chi connectivity index (χ1v) is 6.52. The molecule has 90 valence electrons. The van der Waals surface area contributed by atoms with E-state index in [2.05, 4.69) is 41.9 Å². The average Bonchev–Trinajstić information content (AvgIpc) is 2.65. The number of nitrogens with zero attached hydrogens (tertiary/aromatic N) is 1. The van der Waals surface area contributed by atoms with E-state index < -0.39 is 0 Å². The standard InChI is InChI=1S/C15H20N2/c1-10-13-8-4-6-12-7-5-9-17(15(12)13)14(10)11(2)16-3/h4,6,8,11,16H,5,7,9H2,1-3H3. The maximum Gasteiger partial charge on any atom is 0.0518 e. The van der Waals surface area contributed by atoms with Gasteiger partial charge in [-0.3, -0.25) is 0 Å². The molecule has 0 saturated carbocycles. The molecule has 2 heterocycles. The highest BCUT2D eigenvalue weighted by molar-refractivity contribution is 5.88. The molecule has 1 aromatic carbocycles. The Morgan fingerprint density at radius 3 is 2.94 bits per heavy atom. The summed E-state index contributed by atoms with van der Waals surface area (Å²) in [5.74, 6) is 0. The largest absolute Gasteiger partial charge is 0.343 e. The Bertz CT molecular complexity index is 566. The molecule has 0 aliphatic carbocycles. The van der Waals surface area contributed by atoms with Crippen LogP contribution in [0.1, 0.15) is 36.2 Å². The Kier molecular flexibility index (Phi) is 2.48.